The van der Waals surface area contributed by atoms with Crippen molar-refractivity contribution in [1.82, 2.24) is 0 Å². The van der Waals surface area contributed by atoms with E-state index in [2.05, 4.69) is 0 Å². The number of allylic oxidation sites excluding steroid dienone is 3. The third-order valence-corrected chi connectivity index (χ3v) is 3.70. The van der Waals surface area contributed by atoms with Gasteiger partial charge in [-0.15, -0.1) is 0 Å². The zero-order chi connectivity index (χ0) is 7.45. The zero-order valence-electron chi connectivity index (χ0n) is 6.15. The maximum Gasteiger partial charge on any atom is 0.146 e. The lowest BCUT2D eigenvalue weighted by Crippen LogP contribution is -1.89. The Balaban J connectivity index is 2.93. The molecule has 0 bridgehead atoms. The molecule has 0 fully saturated rings. The summed E-state index contributed by atoms with van der Waals surface area (Å²) in [4.78, 5) is 0. The Kier molecular flexibility index (Phi) is 2.50. The molecule has 3 heteroatoms. The van der Waals surface area contributed by atoms with Gasteiger partial charge in [-0.2, -0.15) is 0 Å². The summed E-state index contributed by atoms with van der Waals surface area (Å²) in [7, 11) is 1.58. The first-order valence-electron chi connectivity index (χ1n) is 3.03. The maximum atomic E-state index is 5.22. The quantitative estimate of drug-likeness (QED) is 0.572. The predicted octanol–water partition coefficient (Wildman–Crippen LogP) is 2.01. The molecule has 0 radical (unpaired) electrons. The molecule has 0 unspecified atom stereocenters. The van der Waals surface area contributed by atoms with E-state index in [0.29, 0.717) is 0 Å². The molecule has 10 heavy (non-hydrogen) atoms. The highest BCUT2D eigenvalue weighted by Gasteiger charge is 2.10. The molecule has 1 rings (SSSR count). The van der Waals surface area contributed by atoms with Gasteiger partial charge in [0.2, 0.25) is 0 Å². The minimum atomic E-state index is -1.74. The molecule has 0 aromatic rings. The van der Waals surface area contributed by atoms with Gasteiger partial charge in [0.15, 0.2) is 0 Å². The van der Waals surface area contributed by atoms with Gasteiger partial charge in [-0.25, -0.2) is 0 Å². The Hall–Kier alpha value is -0.300. The highest BCUT2D eigenvalue weighted by atomic mass is 31.2. The van der Waals surface area contributed by atoms with Crippen LogP contribution in [-0.4, -0.2) is 20.0 Å². The van der Waals surface area contributed by atoms with Gasteiger partial charge in [0.05, 0.1) is 0 Å². The number of hydrogen-bond donors (Lipinski definition) is 0. The van der Waals surface area contributed by atoms with Gasteiger partial charge >= 0.3 is 0 Å². The largest absolute Gasteiger partial charge is 0.338 e. The van der Waals surface area contributed by atoms with Gasteiger partial charge < -0.3 is 9.05 Å². The first-order chi connectivity index (χ1) is 4.83. The van der Waals surface area contributed by atoms with Crippen LogP contribution >= 0.6 is 7.34 Å². The molecule has 1 aliphatic heterocycles. The van der Waals surface area contributed by atoms with E-state index in [0.717, 1.165) is 0 Å². The molecule has 1 aliphatic rings. The first kappa shape index (κ1) is 7.80. The monoisotopic (exact) mass is 158 g/mol. The van der Waals surface area contributed by atoms with Crippen molar-refractivity contribution in [2.45, 2.75) is 0 Å². The van der Waals surface area contributed by atoms with Crippen LogP contribution in [0.4, 0.5) is 0 Å². The molecule has 0 aromatic heterocycles. The van der Waals surface area contributed by atoms with Crippen molar-refractivity contribution in [3.63, 3.8) is 0 Å². The van der Waals surface area contributed by atoms with Gasteiger partial charge in [-0.05, 0) is 11.6 Å². The molecule has 2 nitrogen and oxygen atoms in total. The van der Waals surface area contributed by atoms with E-state index in [1.54, 1.807) is 14.2 Å². The van der Waals surface area contributed by atoms with Crippen molar-refractivity contribution >= 4 is 13.1 Å². The molecular weight excluding hydrogens is 147 g/mol. The van der Waals surface area contributed by atoms with E-state index in [-0.39, 0.29) is 0 Å². The smallest absolute Gasteiger partial charge is 0.146 e. The van der Waals surface area contributed by atoms with E-state index < -0.39 is 7.34 Å². The Labute approximate surface area is 61.3 Å². The summed E-state index contributed by atoms with van der Waals surface area (Å²) in [6.45, 7) is 0. The third-order valence-electron chi connectivity index (χ3n) is 1.38. The minimum Gasteiger partial charge on any atom is -0.338 e. The van der Waals surface area contributed by atoms with Crippen LogP contribution in [0.5, 0.6) is 0 Å². The molecule has 0 aliphatic carbocycles. The standard InChI is InChI=1S/C7H11O2P/c1-8-10(9-2)6-4-3-5-7-10/h3-7H,1-2H3. The van der Waals surface area contributed by atoms with Gasteiger partial charge in [-0.3, -0.25) is 0 Å². The second-order valence-corrected chi connectivity index (χ2v) is 4.50. The predicted molar refractivity (Wildman–Crippen MR) is 45.3 cm³/mol. The minimum absolute atomic E-state index is 1.66. The van der Waals surface area contributed by atoms with Crippen molar-refractivity contribution in [2.24, 2.45) is 0 Å². The van der Waals surface area contributed by atoms with E-state index in [1.807, 2.05) is 29.8 Å². The Morgan fingerprint density at radius 3 is 2.00 bits per heavy atom. The molecule has 0 amide bonds. The topological polar surface area (TPSA) is 18.5 Å². The number of rotatable bonds is 2. The lowest BCUT2D eigenvalue weighted by Gasteiger charge is -2.18. The van der Waals surface area contributed by atoms with Crippen LogP contribution in [-0.2, 0) is 9.05 Å². The van der Waals surface area contributed by atoms with Crippen LogP contribution < -0.4 is 0 Å². The van der Waals surface area contributed by atoms with Crippen molar-refractivity contribution in [3.05, 3.63) is 24.0 Å². The number of hydrogen-bond acceptors (Lipinski definition) is 2. The van der Waals surface area contributed by atoms with Gasteiger partial charge in [0.25, 0.3) is 0 Å². The van der Waals surface area contributed by atoms with Crippen LogP contribution in [0, 0.1) is 0 Å². The van der Waals surface area contributed by atoms with E-state index in [9.17, 15) is 0 Å². The van der Waals surface area contributed by atoms with E-state index in [1.165, 1.54) is 0 Å². The molecule has 0 spiro atoms. The molecule has 1 heterocycles. The average molecular weight is 158 g/mol. The average Bonchev–Trinajstić information content (AvgIpc) is 2.06. The second-order valence-electron chi connectivity index (χ2n) is 1.89. The summed E-state index contributed by atoms with van der Waals surface area (Å²) in [5.41, 5.74) is 0. The lowest BCUT2D eigenvalue weighted by molar-refractivity contribution is 0.344. The molecule has 56 valence electrons. The summed E-state index contributed by atoms with van der Waals surface area (Å²) in [6, 6.07) is 0. The molecule has 0 saturated carbocycles. The van der Waals surface area contributed by atoms with Crippen LogP contribution in [0.1, 0.15) is 0 Å². The van der Waals surface area contributed by atoms with Crippen molar-refractivity contribution < 1.29 is 9.05 Å². The highest BCUT2D eigenvalue weighted by molar-refractivity contribution is 7.69. The summed E-state index contributed by atoms with van der Waals surface area (Å²) in [5.74, 6) is 3.93. The normalized spacial score (nSPS) is 20.6. The molecule has 0 N–H and O–H groups in total. The molecular formula is C7H11O2P. The molecule has 0 aromatic carbocycles. The fourth-order valence-electron chi connectivity index (χ4n) is 0.771. The molecule has 0 saturated heterocycles. The van der Waals surface area contributed by atoms with E-state index >= 15 is 0 Å². The van der Waals surface area contributed by atoms with Gasteiger partial charge in [0.1, 0.15) is 7.34 Å². The third kappa shape index (κ3) is 1.40. The summed E-state index contributed by atoms with van der Waals surface area (Å²) >= 11 is 0. The Bertz CT molecular complexity index is 208. The van der Waals surface area contributed by atoms with E-state index in [4.69, 9.17) is 9.05 Å². The van der Waals surface area contributed by atoms with Gasteiger partial charge in [0, 0.05) is 14.2 Å². The van der Waals surface area contributed by atoms with Crippen LogP contribution in [0.3, 0.4) is 0 Å². The second kappa shape index (κ2) is 3.20. The lowest BCUT2D eigenvalue weighted by atomic mass is 10.5. The maximum absolute atomic E-state index is 5.22. The summed E-state index contributed by atoms with van der Waals surface area (Å²) < 4.78 is 10.4. The van der Waals surface area contributed by atoms with Crippen LogP contribution in [0.15, 0.2) is 24.0 Å². The Morgan fingerprint density at radius 1 is 1.00 bits per heavy atom. The van der Waals surface area contributed by atoms with Gasteiger partial charge in [-0.1, -0.05) is 18.2 Å². The van der Waals surface area contributed by atoms with Crippen molar-refractivity contribution in [1.29, 1.82) is 0 Å². The Morgan fingerprint density at radius 2 is 1.70 bits per heavy atom. The van der Waals surface area contributed by atoms with Crippen LogP contribution in [0.2, 0.25) is 0 Å². The highest BCUT2D eigenvalue weighted by Crippen LogP contribution is 2.50. The SMILES string of the molecule is COP1(OC)=CC=CC=C1. The fraction of sp³-hybridized carbons (Fsp3) is 0.286. The van der Waals surface area contributed by atoms with Crippen LogP contribution in [0.25, 0.3) is 0 Å². The molecule has 0 atom stereocenters. The first-order valence-corrected chi connectivity index (χ1v) is 4.79. The fourth-order valence-corrected chi connectivity index (χ4v) is 2.19. The van der Waals surface area contributed by atoms with Crippen molar-refractivity contribution in [3.8, 4) is 0 Å². The summed E-state index contributed by atoms with van der Waals surface area (Å²) in [5, 5.41) is 0. The summed E-state index contributed by atoms with van der Waals surface area (Å²) in [6.07, 6.45) is 5.85. The zero-order valence-corrected chi connectivity index (χ0v) is 7.04. The van der Waals surface area contributed by atoms with Crippen molar-refractivity contribution in [2.75, 3.05) is 14.2 Å².